The van der Waals surface area contributed by atoms with Crippen molar-refractivity contribution in [2.45, 2.75) is 79.1 Å². The van der Waals surface area contributed by atoms with Crippen LogP contribution in [0.2, 0.25) is 0 Å². The predicted octanol–water partition coefficient (Wildman–Crippen LogP) is 4.80. The number of Topliss-reactive ketones (excluding diaryl/α,β-unsaturated/α-hetero) is 1. The molecular formula is C30H42N4O5. The number of aromatic nitrogens is 1. The lowest BCUT2D eigenvalue weighted by atomic mass is 9.84. The van der Waals surface area contributed by atoms with Crippen molar-refractivity contribution in [3.05, 3.63) is 47.9 Å². The summed E-state index contributed by atoms with van der Waals surface area (Å²) >= 11 is 0. The largest absolute Gasteiger partial charge is 0.444 e. The van der Waals surface area contributed by atoms with Gasteiger partial charge in [0.2, 0.25) is 0 Å². The molecule has 1 amide bonds. The Bertz CT molecular complexity index is 1280. The first-order valence-corrected chi connectivity index (χ1v) is 13.6. The van der Waals surface area contributed by atoms with Gasteiger partial charge < -0.3 is 29.2 Å². The van der Waals surface area contributed by atoms with Crippen LogP contribution in [0.5, 0.6) is 0 Å². The van der Waals surface area contributed by atoms with E-state index < -0.39 is 29.1 Å². The summed E-state index contributed by atoms with van der Waals surface area (Å²) in [6, 6.07) is 7.21. The molecule has 2 heterocycles. The molecule has 1 N–H and O–H groups in total. The first-order valence-electron chi connectivity index (χ1n) is 13.6. The van der Waals surface area contributed by atoms with E-state index in [2.05, 4.69) is 20.9 Å². The zero-order chi connectivity index (χ0) is 28.7. The second-order valence-electron chi connectivity index (χ2n) is 12.7. The maximum atomic E-state index is 13.6. The molecular weight excluding hydrogens is 496 g/mol. The molecule has 0 saturated carbocycles. The number of esters is 1. The van der Waals surface area contributed by atoms with Gasteiger partial charge in [-0.05, 0) is 52.0 Å². The molecule has 2 aliphatic rings. The third-order valence-corrected chi connectivity index (χ3v) is 7.53. The van der Waals surface area contributed by atoms with Crippen LogP contribution < -0.4 is 5.32 Å². The van der Waals surface area contributed by atoms with E-state index in [1.807, 2.05) is 70.2 Å². The Hall–Kier alpha value is -3.49. The number of aryl methyl sites for hydroxylation is 1. The molecule has 2 aromatic rings. The van der Waals surface area contributed by atoms with Gasteiger partial charge in [0.25, 0.3) is 0 Å². The Balaban J connectivity index is 1.36. The van der Waals surface area contributed by atoms with Crippen LogP contribution in [0.3, 0.4) is 0 Å². The summed E-state index contributed by atoms with van der Waals surface area (Å²) in [5.74, 6) is -0.445. The van der Waals surface area contributed by atoms with Crippen molar-refractivity contribution < 1.29 is 23.9 Å². The highest BCUT2D eigenvalue weighted by molar-refractivity contribution is 6.11. The molecule has 1 aromatic heterocycles. The van der Waals surface area contributed by atoms with Crippen molar-refractivity contribution >= 4 is 28.7 Å². The molecule has 3 atom stereocenters. The molecule has 0 fully saturated rings. The topological polar surface area (TPSA) is 93.1 Å². The Morgan fingerprint density at radius 2 is 1.74 bits per heavy atom. The minimum absolute atomic E-state index is 0.0294. The fourth-order valence-corrected chi connectivity index (χ4v) is 5.34. The molecule has 0 bridgehead atoms. The Labute approximate surface area is 231 Å². The second kappa shape index (κ2) is 10.6. The lowest BCUT2D eigenvalue weighted by Crippen LogP contribution is -2.52. The molecule has 0 saturated heterocycles. The number of carbonyl (C=O) groups is 3. The number of alkyl carbamates (subject to hydrolysis) is 1. The van der Waals surface area contributed by atoms with Gasteiger partial charge in [-0.15, -0.1) is 0 Å². The monoisotopic (exact) mass is 538 g/mol. The van der Waals surface area contributed by atoms with Crippen molar-refractivity contribution in [2.75, 3.05) is 13.3 Å². The van der Waals surface area contributed by atoms with E-state index in [9.17, 15) is 14.4 Å². The summed E-state index contributed by atoms with van der Waals surface area (Å²) in [7, 11) is 2.03. The predicted molar refractivity (Wildman–Crippen MR) is 150 cm³/mol. The Kier molecular flexibility index (Phi) is 7.74. The summed E-state index contributed by atoms with van der Waals surface area (Å²) in [4.78, 5) is 43.0. The van der Waals surface area contributed by atoms with Gasteiger partial charge in [-0.1, -0.05) is 39.0 Å². The van der Waals surface area contributed by atoms with Crippen molar-refractivity contribution in [3.63, 3.8) is 0 Å². The smallest absolute Gasteiger partial charge is 0.408 e. The minimum Gasteiger partial charge on any atom is -0.444 e. The van der Waals surface area contributed by atoms with E-state index in [0.29, 0.717) is 6.54 Å². The maximum absolute atomic E-state index is 13.6. The molecule has 1 aromatic carbocycles. The summed E-state index contributed by atoms with van der Waals surface area (Å²) in [5.41, 5.74) is 1.81. The van der Waals surface area contributed by atoms with Gasteiger partial charge in [0.15, 0.2) is 12.5 Å². The van der Waals surface area contributed by atoms with Crippen LogP contribution in [-0.4, -0.2) is 63.3 Å². The summed E-state index contributed by atoms with van der Waals surface area (Å²) < 4.78 is 13.1. The number of amides is 1. The van der Waals surface area contributed by atoms with E-state index in [-0.39, 0.29) is 24.6 Å². The van der Waals surface area contributed by atoms with Crippen molar-refractivity contribution in [2.24, 2.45) is 18.4 Å². The number of nitrogens with one attached hydrogen (secondary N) is 1. The lowest BCUT2D eigenvalue weighted by Gasteiger charge is -2.34. The van der Waals surface area contributed by atoms with Crippen LogP contribution in [0.4, 0.5) is 4.79 Å². The highest BCUT2D eigenvalue weighted by Gasteiger charge is 2.37. The lowest BCUT2D eigenvalue weighted by molar-refractivity contribution is -0.154. The van der Waals surface area contributed by atoms with Crippen LogP contribution >= 0.6 is 0 Å². The number of carbonyl (C=O) groups excluding carboxylic acids is 3. The number of nitrogens with zero attached hydrogens (tertiary/aromatic N) is 3. The molecule has 4 rings (SSSR count). The van der Waals surface area contributed by atoms with E-state index in [0.717, 1.165) is 35.0 Å². The van der Waals surface area contributed by atoms with E-state index >= 15 is 0 Å². The van der Waals surface area contributed by atoms with Gasteiger partial charge in [-0.25, -0.2) is 9.59 Å². The Morgan fingerprint density at radius 3 is 2.41 bits per heavy atom. The number of hydrogen-bond donors (Lipinski definition) is 1. The molecule has 2 unspecified atom stereocenters. The number of ketones is 1. The molecule has 9 heteroatoms. The van der Waals surface area contributed by atoms with Crippen molar-refractivity contribution in [3.8, 4) is 0 Å². The normalized spacial score (nSPS) is 20.3. The van der Waals surface area contributed by atoms with Crippen LogP contribution in [-0.2, 0) is 27.7 Å². The third-order valence-electron chi connectivity index (χ3n) is 7.53. The van der Waals surface area contributed by atoms with Crippen LogP contribution in [0.25, 0.3) is 10.9 Å². The van der Waals surface area contributed by atoms with Crippen LogP contribution in [0, 0.1) is 11.3 Å². The number of fused-ring (bicyclic) bond motifs is 3. The van der Waals surface area contributed by atoms with Gasteiger partial charge in [-0.2, -0.15) is 0 Å². The first-order chi connectivity index (χ1) is 18.2. The fraction of sp³-hybridized carbons (Fsp3) is 0.567. The Morgan fingerprint density at radius 1 is 1.08 bits per heavy atom. The number of benzene rings is 1. The van der Waals surface area contributed by atoms with Crippen molar-refractivity contribution in [1.82, 2.24) is 19.7 Å². The van der Waals surface area contributed by atoms with Gasteiger partial charge in [0.05, 0.1) is 0 Å². The quantitative estimate of drug-likeness (QED) is 0.528. The van der Waals surface area contributed by atoms with E-state index in [1.54, 1.807) is 20.8 Å². The molecule has 212 valence electrons. The van der Waals surface area contributed by atoms with Crippen LogP contribution in [0.1, 0.15) is 70.9 Å². The molecule has 1 aliphatic carbocycles. The number of para-hydroxylation sites is 1. The van der Waals surface area contributed by atoms with Crippen LogP contribution in [0.15, 0.2) is 36.7 Å². The molecule has 0 radical (unpaired) electrons. The molecule has 9 nitrogen and oxygen atoms in total. The summed E-state index contributed by atoms with van der Waals surface area (Å²) in [6.45, 7) is 13.5. The minimum atomic E-state index is -0.875. The zero-order valence-corrected chi connectivity index (χ0v) is 24.4. The van der Waals surface area contributed by atoms with Gasteiger partial charge >= 0.3 is 12.1 Å². The summed E-state index contributed by atoms with van der Waals surface area (Å²) in [6.07, 6.45) is 4.74. The standard InChI is InChI=1S/C30H42N4O5/c1-19-33(17-20-13-14-23-24(25(20)35)21-11-9-10-12-22(21)32(23)8)15-16-34(19)18-38-27(36)26(29(2,3)4)31-28(37)39-30(5,6)7/h9-12,15-16,19-20,26H,13-14,17-18H2,1-8H3,(H,31,37)/t19?,20?,26-/m1/s1. The highest BCUT2D eigenvalue weighted by Crippen LogP contribution is 2.34. The first kappa shape index (κ1) is 28.5. The highest BCUT2D eigenvalue weighted by atomic mass is 16.6. The van der Waals surface area contributed by atoms with E-state index in [4.69, 9.17) is 9.47 Å². The average Bonchev–Trinajstić information content (AvgIpc) is 3.33. The molecule has 39 heavy (non-hydrogen) atoms. The molecule has 1 aliphatic heterocycles. The van der Waals surface area contributed by atoms with Crippen molar-refractivity contribution in [1.29, 1.82) is 0 Å². The zero-order valence-electron chi connectivity index (χ0n) is 24.4. The number of rotatable bonds is 6. The third kappa shape index (κ3) is 6.07. The second-order valence-corrected chi connectivity index (χ2v) is 12.7. The van der Waals surface area contributed by atoms with E-state index in [1.165, 1.54) is 0 Å². The summed E-state index contributed by atoms with van der Waals surface area (Å²) in [5, 5.41) is 3.69. The maximum Gasteiger partial charge on any atom is 0.408 e. The average molecular weight is 539 g/mol. The number of hydrogen-bond acceptors (Lipinski definition) is 7. The van der Waals surface area contributed by atoms with Gasteiger partial charge in [-0.3, -0.25) is 4.79 Å². The van der Waals surface area contributed by atoms with Gasteiger partial charge in [0, 0.05) is 54.1 Å². The van der Waals surface area contributed by atoms with Gasteiger partial charge in [0.1, 0.15) is 17.8 Å². The number of ether oxygens (including phenoxy) is 2. The molecule has 0 spiro atoms. The fourth-order valence-electron chi connectivity index (χ4n) is 5.34. The SMILES string of the molecule is CC1N(COC(=O)[C@@H](NC(=O)OC(C)(C)C)C(C)(C)C)C=CN1CC1CCc2c(c3ccccc3n2C)C1=O.